The standard InChI is InChI=1S/C16H22F2N6O2/c1-9(2)11-5-10(3-4-20-11)25-15-8-19-7-13(22-15)21-12-6-14(24-23-12)26-16(17)18/h6-11,16,20H,3-5H2,1-2H3,(H2,21,22,23,24)/t10-,11+/m0/s1. The zero-order chi connectivity index (χ0) is 18.5. The molecule has 2 aromatic heterocycles. The van der Waals surface area contributed by atoms with Gasteiger partial charge in [-0.2, -0.15) is 13.8 Å². The van der Waals surface area contributed by atoms with Crippen molar-refractivity contribution in [3.63, 3.8) is 0 Å². The molecule has 26 heavy (non-hydrogen) atoms. The number of H-pyrrole nitrogens is 1. The molecule has 0 radical (unpaired) electrons. The summed E-state index contributed by atoms with van der Waals surface area (Å²) in [4.78, 5) is 8.45. The molecule has 0 aromatic carbocycles. The molecule has 0 aliphatic carbocycles. The van der Waals surface area contributed by atoms with Crippen LogP contribution in [0.4, 0.5) is 20.4 Å². The Morgan fingerprint density at radius 3 is 2.88 bits per heavy atom. The van der Waals surface area contributed by atoms with E-state index in [-0.39, 0.29) is 12.0 Å². The van der Waals surface area contributed by atoms with Crippen LogP contribution >= 0.6 is 0 Å². The van der Waals surface area contributed by atoms with Gasteiger partial charge in [0.1, 0.15) is 11.9 Å². The van der Waals surface area contributed by atoms with E-state index in [1.165, 1.54) is 12.3 Å². The second-order valence-corrected chi connectivity index (χ2v) is 6.43. The van der Waals surface area contributed by atoms with E-state index in [9.17, 15) is 8.78 Å². The zero-order valence-corrected chi connectivity index (χ0v) is 14.6. The molecule has 10 heteroatoms. The summed E-state index contributed by atoms with van der Waals surface area (Å²) < 4.78 is 34.5. The normalized spacial score (nSPS) is 20.4. The Balaban J connectivity index is 1.60. The van der Waals surface area contributed by atoms with Crippen LogP contribution < -0.4 is 20.1 Å². The lowest BCUT2D eigenvalue weighted by Crippen LogP contribution is -2.45. The first kappa shape index (κ1) is 18.3. The van der Waals surface area contributed by atoms with E-state index in [0.717, 1.165) is 19.4 Å². The molecule has 3 rings (SSSR count). The second kappa shape index (κ2) is 8.26. The van der Waals surface area contributed by atoms with Crippen molar-refractivity contribution in [2.24, 2.45) is 5.92 Å². The van der Waals surface area contributed by atoms with Gasteiger partial charge in [0.05, 0.1) is 12.4 Å². The van der Waals surface area contributed by atoms with Crippen LogP contribution in [0, 0.1) is 5.92 Å². The summed E-state index contributed by atoms with van der Waals surface area (Å²) in [7, 11) is 0. The van der Waals surface area contributed by atoms with Crippen molar-refractivity contribution in [1.29, 1.82) is 0 Å². The average molecular weight is 368 g/mol. The van der Waals surface area contributed by atoms with Crippen molar-refractivity contribution in [3.8, 4) is 11.8 Å². The van der Waals surface area contributed by atoms with Crippen LogP contribution in [0.2, 0.25) is 0 Å². The summed E-state index contributed by atoms with van der Waals surface area (Å²) >= 11 is 0. The number of nitrogens with zero attached hydrogens (tertiary/aromatic N) is 3. The highest BCUT2D eigenvalue weighted by molar-refractivity contribution is 5.51. The van der Waals surface area contributed by atoms with Crippen molar-refractivity contribution < 1.29 is 18.3 Å². The van der Waals surface area contributed by atoms with Gasteiger partial charge >= 0.3 is 6.61 Å². The summed E-state index contributed by atoms with van der Waals surface area (Å²) in [6, 6.07) is 1.72. The van der Waals surface area contributed by atoms with Crippen molar-refractivity contribution >= 4 is 11.6 Å². The SMILES string of the molecule is CC(C)[C@H]1C[C@@H](Oc2cncc(Nc3cc(OC(F)F)n[nH]3)n2)CCN1. The van der Waals surface area contributed by atoms with Crippen molar-refractivity contribution in [1.82, 2.24) is 25.5 Å². The number of halogens is 2. The minimum atomic E-state index is -2.93. The zero-order valence-electron chi connectivity index (χ0n) is 14.6. The smallest absolute Gasteiger partial charge is 0.388 e. The third-order valence-electron chi connectivity index (χ3n) is 4.12. The number of alkyl halides is 2. The van der Waals surface area contributed by atoms with Crippen LogP contribution in [0.25, 0.3) is 0 Å². The monoisotopic (exact) mass is 368 g/mol. The first-order valence-corrected chi connectivity index (χ1v) is 8.49. The molecule has 0 bridgehead atoms. The second-order valence-electron chi connectivity index (χ2n) is 6.43. The van der Waals surface area contributed by atoms with E-state index < -0.39 is 6.61 Å². The highest BCUT2D eigenvalue weighted by Crippen LogP contribution is 2.22. The number of rotatable bonds is 7. The third kappa shape index (κ3) is 5.01. The van der Waals surface area contributed by atoms with Gasteiger partial charge in [0.25, 0.3) is 0 Å². The largest absolute Gasteiger partial charge is 0.473 e. The maximum absolute atomic E-state index is 12.2. The van der Waals surface area contributed by atoms with Crippen molar-refractivity contribution in [2.45, 2.75) is 45.4 Å². The number of ether oxygens (including phenoxy) is 2. The van der Waals surface area contributed by atoms with Crippen LogP contribution in [0.5, 0.6) is 11.8 Å². The quantitative estimate of drug-likeness (QED) is 0.691. The van der Waals surface area contributed by atoms with E-state index in [0.29, 0.717) is 29.5 Å². The molecule has 0 saturated carbocycles. The van der Waals surface area contributed by atoms with Crippen LogP contribution in [0.15, 0.2) is 18.5 Å². The maximum atomic E-state index is 12.2. The number of hydrogen-bond donors (Lipinski definition) is 3. The number of anilines is 2. The van der Waals surface area contributed by atoms with Gasteiger partial charge in [0.2, 0.25) is 11.8 Å². The predicted octanol–water partition coefficient (Wildman–Crippen LogP) is 2.70. The first-order valence-electron chi connectivity index (χ1n) is 8.49. The maximum Gasteiger partial charge on any atom is 0.388 e. The van der Waals surface area contributed by atoms with Crippen LogP contribution in [0.3, 0.4) is 0 Å². The molecule has 0 amide bonds. The van der Waals surface area contributed by atoms with Gasteiger partial charge in [0, 0.05) is 12.1 Å². The summed E-state index contributed by atoms with van der Waals surface area (Å²) in [6.07, 6.45) is 4.94. The number of piperidine rings is 1. The molecule has 8 nitrogen and oxygen atoms in total. The third-order valence-corrected chi connectivity index (χ3v) is 4.12. The average Bonchev–Trinajstić information content (AvgIpc) is 3.01. The number of aromatic amines is 1. The van der Waals surface area contributed by atoms with Gasteiger partial charge in [-0.25, -0.2) is 0 Å². The van der Waals surface area contributed by atoms with E-state index in [4.69, 9.17) is 4.74 Å². The minimum absolute atomic E-state index is 0.0754. The molecule has 1 fully saturated rings. The molecule has 0 unspecified atom stereocenters. The van der Waals surface area contributed by atoms with Gasteiger partial charge in [0.15, 0.2) is 5.82 Å². The van der Waals surface area contributed by atoms with Crippen molar-refractivity contribution in [2.75, 3.05) is 11.9 Å². The summed E-state index contributed by atoms with van der Waals surface area (Å²) in [5, 5.41) is 12.5. The molecule has 1 saturated heterocycles. The van der Waals surface area contributed by atoms with Crippen LogP contribution in [-0.4, -0.2) is 45.5 Å². The van der Waals surface area contributed by atoms with Gasteiger partial charge < -0.3 is 20.1 Å². The highest BCUT2D eigenvalue weighted by Gasteiger charge is 2.25. The molecule has 2 atom stereocenters. The van der Waals surface area contributed by atoms with Crippen LogP contribution in [0.1, 0.15) is 26.7 Å². The Hall–Kier alpha value is -2.49. The van der Waals surface area contributed by atoms with Gasteiger partial charge in [-0.3, -0.25) is 10.1 Å². The van der Waals surface area contributed by atoms with Crippen LogP contribution in [-0.2, 0) is 0 Å². The Morgan fingerprint density at radius 1 is 1.27 bits per heavy atom. The Bertz CT molecular complexity index is 712. The fourth-order valence-corrected chi connectivity index (χ4v) is 2.82. The molecule has 1 aliphatic heterocycles. The van der Waals surface area contributed by atoms with Gasteiger partial charge in [-0.05, 0) is 25.3 Å². The molecular formula is C16H22F2N6O2. The summed E-state index contributed by atoms with van der Waals surface area (Å²) in [6.45, 7) is 2.34. The fourth-order valence-electron chi connectivity index (χ4n) is 2.82. The topological polar surface area (TPSA) is 97.0 Å². The van der Waals surface area contributed by atoms with E-state index in [2.05, 4.69) is 49.4 Å². The lowest BCUT2D eigenvalue weighted by molar-refractivity contribution is -0.0528. The molecule has 1 aliphatic rings. The number of hydrogen-bond acceptors (Lipinski definition) is 7. The molecule has 142 valence electrons. The predicted molar refractivity (Wildman–Crippen MR) is 90.8 cm³/mol. The Labute approximate surface area is 149 Å². The first-order chi connectivity index (χ1) is 12.5. The van der Waals surface area contributed by atoms with Gasteiger partial charge in [-0.1, -0.05) is 13.8 Å². The molecule has 3 N–H and O–H groups in total. The highest BCUT2D eigenvalue weighted by atomic mass is 19.3. The van der Waals surface area contributed by atoms with E-state index in [1.807, 2.05) is 0 Å². The Morgan fingerprint density at radius 2 is 2.12 bits per heavy atom. The minimum Gasteiger partial charge on any atom is -0.473 e. The van der Waals surface area contributed by atoms with E-state index >= 15 is 0 Å². The van der Waals surface area contributed by atoms with E-state index in [1.54, 1.807) is 6.20 Å². The van der Waals surface area contributed by atoms with Crippen molar-refractivity contribution in [3.05, 3.63) is 18.5 Å². The molecule has 3 heterocycles. The Kier molecular flexibility index (Phi) is 5.82. The summed E-state index contributed by atoms with van der Waals surface area (Å²) in [5.41, 5.74) is 0. The fraction of sp³-hybridized carbons (Fsp3) is 0.562. The van der Waals surface area contributed by atoms with Gasteiger partial charge in [-0.15, -0.1) is 5.10 Å². The molecular weight excluding hydrogens is 346 g/mol. The number of aromatic nitrogens is 4. The summed E-state index contributed by atoms with van der Waals surface area (Å²) in [5.74, 6) is 1.49. The lowest BCUT2D eigenvalue weighted by atomic mass is 9.93. The molecule has 2 aromatic rings. The molecule has 0 spiro atoms. The number of nitrogens with one attached hydrogen (secondary N) is 3. The lowest BCUT2D eigenvalue weighted by Gasteiger charge is -2.32.